The first-order valence-corrected chi connectivity index (χ1v) is 7.72. The van der Waals surface area contributed by atoms with Crippen LogP contribution in [-0.4, -0.2) is 28.9 Å². The Kier molecular flexibility index (Phi) is 7.85. The highest BCUT2D eigenvalue weighted by molar-refractivity contribution is 5.83. The summed E-state index contributed by atoms with van der Waals surface area (Å²) >= 11 is 0. The van der Waals surface area contributed by atoms with Gasteiger partial charge in [-0.05, 0) is 43.0 Å². The van der Waals surface area contributed by atoms with E-state index in [0.717, 1.165) is 35.1 Å². The van der Waals surface area contributed by atoms with E-state index in [0.29, 0.717) is 12.5 Å². The summed E-state index contributed by atoms with van der Waals surface area (Å²) in [5.74, 6) is 1.73. The number of benzene rings is 1. The predicted octanol–water partition coefficient (Wildman–Crippen LogP) is 3.46. The molecular weight excluding hydrogens is 278 g/mol. The minimum atomic E-state index is 0.0595. The molecule has 122 valence electrons. The van der Waals surface area contributed by atoms with Crippen molar-refractivity contribution in [2.45, 2.75) is 40.2 Å². The molecule has 0 spiro atoms. The standard InChI is InChI=1S/C13H15NO2.C4H8.CH4O/c1-3-16-12-5-4-11-7-10(8-15)6-9(2)13(11)14-12;1-4-2-3-4;1-2/h4-7,15H,3,8H2,1-2H3;4H,2-3H2,1H3;2H,1H3. The second-order valence-electron chi connectivity index (χ2n) is 5.41. The van der Waals surface area contributed by atoms with Crippen LogP contribution in [0, 0.1) is 12.8 Å². The summed E-state index contributed by atoms with van der Waals surface area (Å²) in [5.41, 5.74) is 2.90. The first-order chi connectivity index (χ1) is 10.6. The number of rotatable bonds is 3. The van der Waals surface area contributed by atoms with Crippen molar-refractivity contribution in [2.75, 3.05) is 13.7 Å². The number of aliphatic hydroxyl groups excluding tert-OH is 2. The van der Waals surface area contributed by atoms with Crippen LogP contribution in [0.25, 0.3) is 10.9 Å². The van der Waals surface area contributed by atoms with Gasteiger partial charge in [0.2, 0.25) is 5.88 Å². The highest BCUT2D eigenvalue weighted by Gasteiger charge is 2.12. The van der Waals surface area contributed by atoms with E-state index in [4.69, 9.17) is 14.9 Å². The molecule has 0 radical (unpaired) electrons. The van der Waals surface area contributed by atoms with E-state index in [-0.39, 0.29) is 6.61 Å². The molecule has 0 atom stereocenters. The lowest BCUT2D eigenvalue weighted by Gasteiger charge is -2.07. The normalized spacial score (nSPS) is 12.8. The lowest BCUT2D eigenvalue weighted by atomic mass is 10.1. The Balaban J connectivity index is 0.000000342. The molecule has 0 bridgehead atoms. The summed E-state index contributed by atoms with van der Waals surface area (Å²) in [6.07, 6.45) is 2.97. The number of fused-ring (bicyclic) bond motifs is 1. The summed E-state index contributed by atoms with van der Waals surface area (Å²) in [4.78, 5) is 4.44. The number of ether oxygens (including phenoxy) is 1. The number of aryl methyl sites for hydroxylation is 1. The Hall–Kier alpha value is -1.65. The molecule has 1 aliphatic carbocycles. The first-order valence-electron chi connectivity index (χ1n) is 7.72. The Labute approximate surface area is 132 Å². The zero-order valence-corrected chi connectivity index (χ0v) is 14.0. The largest absolute Gasteiger partial charge is 0.478 e. The van der Waals surface area contributed by atoms with Gasteiger partial charge in [0.05, 0.1) is 18.7 Å². The van der Waals surface area contributed by atoms with Gasteiger partial charge in [0.1, 0.15) is 0 Å². The van der Waals surface area contributed by atoms with Crippen LogP contribution in [0.1, 0.15) is 37.8 Å². The van der Waals surface area contributed by atoms with Gasteiger partial charge in [-0.15, -0.1) is 0 Å². The number of pyridine rings is 1. The van der Waals surface area contributed by atoms with Gasteiger partial charge < -0.3 is 14.9 Å². The Bertz CT molecular complexity index is 580. The Morgan fingerprint density at radius 2 is 1.86 bits per heavy atom. The molecule has 0 unspecified atom stereocenters. The van der Waals surface area contributed by atoms with Crippen molar-refractivity contribution in [1.82, 2.24) is 4.98 Å². The number of aromatic nitrogens is 1. The van der Waals surface area contributed by atoms with Crippen LogP contribution in [0.15, 0.2) is 24.3 Å². The van der Waals surface area contributed by atoms with E-state index >= 15 is 0 Å². The molecule has 1 aromatic carbocycles. The molecule has 1 aromatic heterocycles. The van der Waals surface area contributed by atoms with E-state index in [9.17, 15) is 0 Å². The molecule has 1 heterocycles. The summed E-state index contributed by atoms with van der Waals surface area (Å²) in [6, 6.07) is 7.72. The van der Waals surface area contributed by atoms with Crippen LogP contribution in [0.3, 0.4) is 0 Å². The van der Waals surface area contributed by atoms with Crippen LogP contribution in [-0.2, 0) is 6.61 Å². The van der Waals surface area contributed by atoms with Crippen molar-refractivity contribution in [1.29, 1.82) is 0 Å². The van der Waals surface area contributed by atoms with Crippen LogP contribution in [0.2, 0.25) is 0 Å². The maximum Gasteiger partial charge on any atom is 0.213 e. The summed E-state index contributed by atoms with van der Waals surface area (Å²) < 4.78 is 5.37. The first kappa shape index (κ1) is 18.4. The molecule has 4 heteroatoms. The third-order valence-corrected chi connectivity index (χ3v) is 3.36. The monoisotopic (exact) mass is 305 g/mol. The van der Waals surface area contributed by atoms with Crippen LogP contribution in [0.4, 0.5) is 0 Å². The highest BCUT2D eigenvalue weighted by atomic mass is 16.5. The Morgan fingerprint density at radius 3 is 2.36 bits per heavy atom. The topological polar surface area (TPSA) is 62.6 Å². The van der Waals surface area contributed by atoms with Crippen molar-refractivity contribution in [2.24, 2.45) is 5.92 Å². The zero-order chi connectivity index (χ0) is 16.5. The van der Waals surface area contributed by atoms with E-state index in [1.165, 1.54) is 12.8 Å². The van der Waals surface area contributed by atoms with Crippen molar-refractivity contribution in [3.8, 4) is 5.88 Å². The predicted molar refractivity (Wildman–Crippen MR) is 90.1 cm³/mol. The highest BCUT2D eigenvalue weighted by Crippen LogP contribution is 2.26. The molecule has 0 amide bonds. The van der Waals surface area contributed by atoms with Crippen molar-refractivity contribution in [3.63, 3.8) is 0 Å². The van der Waals surface area contributed by atoms with Crippen molar-refractivity contribution >= 4 is 10.9 Å². The van der Waals surface area contributed by atoms with Crippen molar-refractivity contribution in [3.05, 3.63) is 35.4 Å². The maximum absolute atomic E-state index is 9.12. The van der Waals surface area contributed by atoms with E-state index in [1.807, 2.05) is 38.1 Å². The summed E-state index contributed by atoms with van der Waals surface area (Å²) in [7, 11) is 1.00. The summed E-state index contributed by atoms with van der Waals surface area (Å²) in [5, 5.41) is 17.1. The fourth-order valence-electron chi connectivity index (χ4n) is 1.96. The lowest BCUT2D eigenvalue weighted by molar-refractivity contribution is 0.282. The average Bonchev–Trinajstić information content (AvgIpc) is 3.33. The molecule has 0 saturated heterocycles. The number of nitrogens with zero attached hydrogens (tertiary/aromatic N) is 1. The van der Waals surface area contributed by atoms with Gasteiger partial charge in [0, 0.05) is 18.6 Å². The molecule has 2 N–H and O–H groups in total. The fraction of sp³-hybridized carbons (Fsp3) is 0.500. The molecule has 0 aliphatic heterocycles. The summed E-state index contributed by atoms with van der Waals surface area (Å²) in [6.45, 7) is 6.88. The molecule has 1 saturated carbocycles. The second kappa shape index (κ2) is 9.38. The van der Waals surface area contributed by atoms with Gasteiger partial charge in [-0.3, -0.25) is 0 Å². The molecule has 1 fully saturated rings. The van der Waals surface area contributed by atoms with E-state index in [2.05, 4.69) is 11.9 Å². The van der Waals surface area contributed by atoms with E-state index < -0.39 is 0 Å². The lowest BCUT2D eigenvalue weighted by Crippen LogP contribution is -1.96. The van der Waals surface area contributed by atoms with Crippen molar-refractivity contribution < 1.29 is 14.9 Å². The number of hydrogen-bond acceptors (Lipinski definition) is 4. The molecule has 3 rings (SSSR count). The van der Waals surface area contributed by atoms with Crippen LogP contribution in [0.5, 0.6) is 5.88 Å². The van der Waals surface area contributed by atoms with Crippen LogP contribution >= 0.6 is 0 Å². The van der Waals surface area contributed by atoms with Gasteiger partial charge in [-0.1, -0.05) is 25.8 Å². The smallest absolute Gasteiger partial charge is 0.213 e. The van der Waals surface area contributed by atoms with Gasteiger partial charge in [0.15, 0.2) is 0 Å². The van der Waals surface area contributed by atoms with Gasteiger partial charge in [-0.2, -0.15) is 0 Å². The SMILES string of the molecule is CC1CC1.CCOc1ccc2cc(CO)cc(C)c2n1.CO. The quantitative estimate of drug-likeness (QED) is 0.911. The molecule has 4 nitrogen and oxygen atoms in total. The van der Waals surface area contributed by atoms with Crippen LogP contribution < -0.4 is 4.74 Å². The maximum atomic E-state index is 9.12. The van der Waals surface area contributed by atoms with Gasteiger partial charge >= 0.3 is 0 Å². The zero-order valence-electron chi connectivity index (χ0n) is 14.0. The fourth-order valence-corrected chi connectivity index (χ4v) is 1.96. The minimum absolute atomic E-state index is 0.0595. The third-order valence-electron chi connectivity index (χ3n) is 3.36. The number of aliphatic hydroxyl groups is 2. The number of hydrogen-bond donors (Lipinski definition) is 2. The van der Waals surface area contributed by atoms with Gasteiger partial charge in [0.25, 0.3) is 0 Å². The molecule has 2 aromatic rings. The second-order valence-corrected chi connectivity index (χ2v) is 5.41. The molecule has 1 aliphatic rings. The molecule has 22 heavy (non-hydrogen) atoms. The van der Waals surface area contributed by atoms with E-state index in [1.54, 1.807) is 0 Å². The minimum Gasteiger partial charge on any atom is -0.478 e. The Morgan fingerprint density at radius 1 is 1.23 bits per heavy atom. The average molecular weight is 305 g/mol. The van der Waals surface area contributed by atoms with Gasteiger partial charge in [-0.25, -0.2) is 4.98 Å². The third kappa shape index (κ3) is 5.62. The molecular formula is C18H27NO3.